The molecular formula is C20H18N2O7S. The van der Waals surface area contributed by atoms with Crippen LogP contribution >= 0.6 is 0 Å². The number of nitro benzene ring substituents is 1. The highest BCUT2D eigenvalue weighted by Crippen LogP contribution is 2.38. The Morgan fingerprint density at radius 1 is 1.07 bits per heavy atom. The molecule has 2 aromatic rings. The van der Waals surface area contributed by atoms with Crippen LogP contribution in [0.3, 0.4) is 0 Å². The predicted octanol–water partition coefficient (Wildman–Crippen LogP) is 3.00. The third-order valence-corrected chi connectivity index (χ3v) is 6.89. The summed E-state index contributed by atoms with van der Waals surface area (Å²) >= 11 is 0. The number of ketones is 1. The van der Waals surface area contributed by atoms with E-state index in [4.69, 9.17) is 9.47 Å². The Kier molecular flexibility index (Phi) is 5.27. The summed E-state index contributed by atoms with van der Waals surface area (Å²) < 4.78 is 36.9. The summed E-state index contributed by atoms with van der Waals surface area (Å²) in [6.07, 6.45) is 4.21. The maximum atomic E-state index is 12.6. The number of nitrogens with zero attached hydrogens (tertiary/aromatic N) is 2. The van der Waals surface area contributed by atoms with Gasteiger partial charge in [0.15, 0.2) is 17.3 Å². The average Bonchev–Trinajstić information content (AvgIpc) is 3.43. The summed E-state index contributed by atoms with van der Waals surface area (Å²) in [5.74, 6) is 0.233. The van der Waals surface area contributed by atoms with Crippen LogP contribution in [0.2, 0.25) is 0 Å². The average molecular weight is 430 g/mol. The van der Waals surface area contributed by atoms with E-state index in [1.54, 1.807) is 0 Å². The van der Waals surface area contributed by atoms with Crippen LogP contribution in [0.15, 0.2) is 47.4 Å². The van der Waals surface area contributed by atoms with Gasteiger partial charge >= 0.3 is 0 Å². The van der Waals surface area contributed by atoms with Crippen molar-refractivity contribution in [2.75, 3.05) is 19.9 Å². The molecular weight excluding hydrogens is 412 g/mol. The van der Waals surface area contributed by atoms with Crippen LogP contribution in [0.4, 0.5) is 5.69 Å². The molecule has 2 aliphatic rings. The highest BCUT2D eigenvalue weighted by atomic mass is 32.2. The highest BCUT2D eigenvalue weighted by Gasteiger charge is 2.27. The monoisotopic (exact) mass is 430 g/mol. The molecule has 156 valence electrons. The van der Waals surface area contributed by atoms with E-state index in [1.165, 1.54) is 52.9 Å². The molecule has 0 N–H and O–H groups in total. The number of allylic oxidation sites excluding steroid dienone is 1. The molecule has 2 heterocycles. The fraction of sp³-hybridized carbons (Fsp3) is 0.250. The molecule has 2 aliphatic heterocycles. The Labute approximate surface area is 172 Å². The standard InChI is InChI=1S/C20H18N2O7S/c23-18(8-5-15-11-19-20(29-13-28-19)12-17(15)22(24)25)14-3-6-16(7-4-14)30(26,27)21-9-1-2-10-21/h3-8,11-12H,1-2,9-10,13H2. The molecule has 0 spiro atoms. The van der Waals surface area contributed by atoms with Crippen molar-refractivity contribution in [1.29, 1.82) is 0 Å². The van der Waals surface area contributed by atoms with Gasteiger partial charge in [-0.15, -0.1) is 0 Å². The molecule has 4 rings (SSSR count). The van der Waals surface area contributed by atoms with Gasteiger partial charge < -0.3 is 9.47 Å². The van der Waals surface area contributed by atoms with Crippen molar-refractivity contribution >= 4 is 27.6 Å². The highest BCUT2D eigenvalue weighted by molar-refractivity contribution is 7.89. The number of rotatable bonds is 6. The van der Waals surface area contributed by atoms with Crippen molar-refractivity contribution in [2.45, 2.75) is 17.7 Å². The molecule has 0 aromatic heterocycles. The quantitative estimate of drug-likeness (QED) is 0.299. The first-order valence-corrected chi connectivity index (χ1v) is 10.7. The van der Waals surface area contributed by atoms with Crippen LogP contribution in [0.5, 0.6) is 11.5 Å². The van der Waals surface area contributed by atoms with Crippen molar-refractivity contribution in [2.24, 2.45) is 0 Å². The minimum Gasteiger partial charge on any atom is -0.454 e. The molecule has 2 aromatic carbocycles. The molecule has 0 saturated carbocycles. The van der Waals surface area contributed by atoms with Crippen LogP contribution in [0.25, 0.3) is 6.08 Å². The van der Waals surface area contributed by atoms with Crippen molar-refractivity contribution in [3.05, 3.63) is 63.7 Å². The lowest BCUT2D eigenvalue weighted by Gasteiger charge is -2.15. The molecule has 9 nitrogen and oxygen atoms in total. The Morgan fingerprint density at radius 3 is 2.33 bits per heavy atom. The second kappa shape index (κ2) is 7.88. The van der Waals surface area contributed by atoms with Crippen LogP contribution in [-0.2, 0) is 10.0 Å². The normalized spacial score (nSPS) is 16.3. The molecule has 0 radical (unpaired) electrons. The number of sulfonamides is 1. The number of ether oxygens (including phenoxy) is 2. The lowest BCUT2D eigenvalue weighted by atomic mass is 10.1. The fourth-order valence-corrected chi connectivity index (χ4v) is 4.89. The minimum atomic E-state index is -3.55. The van der Waals surface area contributed by atoms with E-state index in [9.17, 15) is 23.3 Å². The second-order valence-electron chi connectivity index (χ2n) is 6.85. The van der Waals surface area contributed by atoms with Crippen LogP contribution in [0.1, 0.15) is 28.8 Å². The molecule has 0 unspecified atom stereocenters. The molecule has 10 heteroatoms. The van der Waals surface area contributed by atoms with Crippen molar-refractivity contribution in [3.8, 4) is 11.5 Å². The maximum Gasteiger partial charge on any atom is 0.280 e. The molecule has 0 atom stereocenters. The van der Waals surface area contributed by atoms with E-state index in [0.29, 0.717) is 18.8 Å². The predicted molar refractivity (Wildman–Crippen MR) is 107 cm³/mol. The van der Waals surface area contributed by atoms with Gasteiger partial charge in [0.2, 0.25) is 16.8 Å². The van der Waals surface area contributed by atoms with Gasteiger partial charge in [0, 0.05) is 18.7 Å². The Balaban J connectivity index is 1.55. The van der Waals surface area contributed by atoms with E-state index < -0.39 is 20.7 Å². The fourth-order valence-electron chi connectivity index (χ4n) is 3.37. The van der Waals surface area contributed by atoms with Gasteiger partial charge in [0.25, 0.3) is 5.69 Å². The molecule has 1 saturated heterocycles. The molecule has 0 amide bonds. The van der Waals surface area contributed by atoms with Crippen LogP contribution in [0, 0.1) is 10.1 Å². The number of hydrogen-bond donors (Lipinski definition) is 0. The summed E-state index contributed by atoms with van der Waals surface area (Å²) in [5.41, 5.74) is 0.260. The van der Waals surface area contributed by atoms with Crippen LogP contribution in [-0.4, -0.2) is 43.3 Å². The molecule has 30 heavy (non-hydrogen) atoms. The number of carbonyl (C=O) groups excluding carboxylic acids is 1. The number of nitro groups is 1. The van der Waals surface area contributed by atoms with Crippen molar-refractivity contribution < 1.29 is 27.6 Å². The zero-order valence-electron chi connectivity index (χ0n) is 15.8. The van der Waals surface area contributed by atoms with E-state index in [2.05, 4.69) is 0 Å². The lowest BCUT2D eigenvalue weighted by molar-refractivity contribution is -0.385. The smallest absolute Gasteiger partial charge is 0.280 e. The maximum absolute atomic E-state index is 12.6. The summed E-state index contributed by atoms with van der Waals surface area (Å²) in [5, 5.41) is 11.3. The van der Waals surface area contributed by atoms with Gasteiger partial charge in [-0.1, -0.05) is 0 Å². The Hall–Kier alpha value is -3.24. The molecule has 0 aliphatic carbocycles. The number of carbonyl (C=O) groups is 1. The first-order chi connectivity index (χ1) is 14.4. The molecule has 0 bridgehead atoms. The van der Waals surface area contributed by atoms with Gasteiger partial charge in [-0.3, -0.25) is 14.9 Å². The van der Waals surface area contributed by atoms with Gasteiger partial charge in [-0.2, -0.15) is 4.31 Å². The summed E-state index contributed by atoms with van der Waals surface area (Å²) in [4.78, 5) is 23.4. The third-order valence-electron chi connectivity index (χ3n) is 4.97. The topological polar surface area (TPSA) is 116 Å². The van der Waals surface area contributed by atoms with Crippen molar-refractivity contribution in [1.82, 2.24) is 4.31 Å². The number of fused-ring (bicyclic) bond motifs is 1. The second-order valence-corrected chi connectivity index (χ2v) is 8.79. The SMILES string of the molecule is O=C(C=Cc1cc2c(cc1[N+](=O)[O-])OCO2)c1ccc(S(=O)(=O)N2CCCC2)cc1. The minimum absolute atomic E-state index is 0.0225. The summed E-state index contributed by atoms with van der Waals surface area (Å²) in [6, 6.07) is 8.36. The van der Waals surface area contributed by atoms with E-state index in [-0.39, 0.29) is 34.3 Å². The summed E-state index contributed by atoms with van der Waals surface area (Å²) in [6.45, 7) is 0.978. The largest absolute Gasteiger partial charge is 0.454 e. The van der Waals surface area contributed by atoms with E-state index >= 15 is 0 Å². The van der Waals surface area contributed by atoms with Gasteiger partial charge in [0.1, 0.15) is 0 Å². The zero-order valence-corrected chi connectivity index (χ0v) is 16.6. The number of hydrogen-bond acceptors (Lipinski definition) is 7. The Bertz CT molecular complexity index is 1130. The van der Waals surface area contributed by atoms with Crippen LogP contribution < -0.4 is 9.47 Å². The molecule has 1 fully saturated rings. The van der Waals surface area contributed by atoms with Gasteiger partial charge in [-0.25, -0.2) is 8.42 Å². The van der Waals surface area contributed by atoms with E-state index in [0.717, 1.165) is 12.8 Å². The first-order valence-electron chi connectivity index (χ1n) is 9.27. The number of benzene rings is 2. The third kappa shape index (κ3) is 3.79. The van der Waals surface area contributed by atoms with Crippen molar-refractivity contribution in [3.63, 3.8) is 0 Å². The zero-order chi connectivity index (χ0) is 21.3. The Morgan fingerprint density at radius 2 is 1.70 bits per heavy atom. The summed E-state index contributed by atoms with van der Waals surface area (Å²) in [7, 11) is -3.55. The first kappa shape index (κ1) is 20.0. The van der Waals surface area contributed by atoms with E-state index in [1.807, 2.05) is 0 Å². The van der Waals surface area contributed by atoms with Gasteiger partial charge in [0.05, 0.1) is 21.4 Å². The van der Waals surface area contributed by atoms with Gasteiger partial charge in [-0.05, 0) is 55.3 Å². The lowest BCUT2D eigenvalue weighted by Crippen LogP contribution is -2.27.